The second kappa shape index (κ2) is 12.0. The molecule has 0 bridgehead atoms. The van der Waals surface area contributed by atoms with Crippen molar-refractivity contribution in [3.05, 3.63) is 35.9 Å². The average Bonchev–Trinajstić information content (AvgIpc) is 3.07. The van der Waals surface area contributed by atoms with Crippen LogP contribution in [0, 0.1) is 5.41 Å². The Kier molecular flexibility index (Phi) is 10.1. The van der Waals surface area contributed by atoms with Crippen molar-refractivity contribution in [1.82, 2.24) is 4.90 Å². The highest BCUT2D eigenvalue weighted by atomic mass is 32.2. The van der Waals surface area contributed by atoms with Crippen LogP contribution >= 0.6 is 11.8 Å². The zero-order valence-corrected chi connectivity index (χ0v) is 22.4. The van der Waals surface area contributed by atoms with Gasteiger partial charge in [0.2, 0.25) is 0 Å². The van der Waals surface area contributed by atoms with Crippen molar-refractivity contribution >= 4 is 42.5 Å². The minimum atomic E-state index is -0.613. The van der Waals surface area contributed by atoms with Gasteiger partial charge in [-0.25, -0.2) is 4.79 Å². The van der Waals surface area contributed by atoms with Gasteiger partial charge in [0.05, 0.1) is 0 Å². The van der Waals surface area contributed by atoms with Crippen LogP contribution in [0.4, 0.5) is 4.79 Å². The molecule has 0 aromatic heterocycles. The third kappa shape index (κ3) is 7.53. The second-order valence-corrected chi connectivity index (χ2v) is 11.5. The first-order chi connectivity index (χ1) is 14.3. The van der Waals surface area contributed by atoms with E-state index in [-0.39, 0.29) is 40.8 Å². The van der Waals surface area contributed by atoms with Gasteiger partial charge in [0, 0.05) is 30.2 Å². The molecule has 0 spiro atoms. The zero-order chi connectivity index (χ0) is 22.1. The average molecular weight is 470 g/mol. The number of carbonyl (C=O) groups is 2. The Morgan fingerprint density at radius 3 is 2.40 bits per heavy atom. The predicted molar refractivity (Wildman–Crippen MR) is 127 cm³/mol. The molecule has 2 atom stereocenters. The molecule has 2 unspecified atom stereocenters. The van der Waals surface area contributed by atoms with Gasteiger partial charge in [0.15, 0.2) is 24.6 Å². The summed E-state index contributed by atoms with van der Waals surface area (Å²) in [7, 11) is -1.23. The van der Waals surface area contributed by atoms with Crippen molar-refractivity contribution < 1.29 is 23.2 Å². The van der Waals surface area contributed by atoms with Crippen LogP contribution in [0.5, 0.6) is 0 Å². The minimum Gasteiger partial charge on any atom is -0.445 e. The van der Waals surface area contributed by atoms with E-state index < -0.39 is 19.5 Å². The van der Waals surface area contributed by atoms with Gasteiger partial charge in [-0.05, 0) is 18.4 Å². The number of nitrogens with zero attached hydrogens (tertiary/aromatic N) is 1. The fourth-order valence-corrected chi connectivity index (χ4v) is 6.83. The summed E-state index contributed by atoms with van der Waals surface area (Å²) in [6.07, 6.45) is 0.969. The van der Waals surface area contributed by atoms with Crippen molar-refractivity contribution in [2.75, 3.05) is 6.54 Å². The number of carbonyl (C=O) groups excluding carboxylic acids is 2. The Morgan fingerprint density at radius 1 is 1.20 bits per heavy atom. The SMILES string of the molecule is C[SiH2]OC(O[SiH2]C)C(C)(C)CC1CC(SC(C)=O)CN1C(=O)OCc1ccccc1. The zero-order valence-electron chi connectivity index (χ0n) is 18.8. The molecule has 1 aliphatic rings. The first-order valence-corrected chi connectivity index (χ1v) is 15.5. The van der Waals surface area contributed by atoms with E-state index in [1.165, 1.54) is 11.8 Å². The molecule has 9 heteroatoms. The molecule has 1 aromatic carbocycles. The van der Waals surface area contributed by atoms with Gasteiger partial charge in [-0.1, -0.05) is 69.0 Å². The van der Waals surface area contributed by atoms with Crippen molar-refractivity contribution in [2.45, 2.75) is 70.9 Å². The lowest BCUT2D eigenvalue weighted by molar-refractivity contribution is -0.109. The Morgan fingerprint density at radius 2 is 1.83 bits per heavy atom. The van der Waals surface area contributed by atoms with Gasteiger partial charge >= 0.3 is 6.09 Å². The van der Waals surface area contributed by atoms with E-state index >= 15 is 0 Å². The Labute approximate surface area is 189 Å². The van der Waals surface area contributed by atoms with Crippen LogP contribution in [0.3, 0.4) is 0 Å². The number of ether oxygens (including phenoxy) is 1. The van der Waals surface area contributed by atoms with Crippen LogP contribution in [-0.2, 0) is 25.0 Å². The fourth-order valence-electron chi connectivity index (χ4n) is 3.92. The second-order valence-electron chi connectivity index (χ2n) is 8.25. The van der Waals surface area contributed by atoms with Crippen molar-refractivity contribution in [2.24, 2.45) is 5.41 Å². The summed E-state index contributed by atoms with van der Waals surface area (Å²) >= 11 is 1.32. The molecule has 30 heavy (non-hydrogen) atoms. The van der Waals surface area contributed by atoms with Gasteiger partial charge in [-0.3, -0.25) is 4.79 Å². The molecular formula is C21H35NO5SSi2. The normalized spacial score (nSPS) is 21.0. The summed E-state index contributed by atoms with van der Waals surface area (Å²) in [5.74, 6) is 0. The third-order valence-electron chi connectivity index (χ3n) is 5.18. The van der Waals surface area contributed by atoms with E-state index in [1.54, 1.807) is 11.8 Å². The predicted octanol–water partition coefficient (Wildman–Crippen LogP) is 3.09. The number of hydrogen-bond donors (Lipinski definition) is 0. The summed E-state index contributed by atoms with van der Waals surface area (Å²) in [4.78, 5) is 26.4. The highest BCUT2D eigenvalue weighted by Gasteiger charge is 2.42. The van der Waals surface area contributed by atoms with E-state index in [4.69, 9.17) is 13.6 Å². The van der Waals surface area contributed by atoms with Crippen molar-refractivity contribution in [1.29, 1.82) is 0 Å². The lowest BCUT2D eigenvalue weighted by Crippen LogP contribution is -2.43. The van der Waals surface area contributed by atoms with E-state index in [9.17, 15) is 9.59 Å². The lowest BCUT2D eigenvalue weighted by atomic mass is 9.84. The van der Waals surface area contributed by atoms with Gasteiger partial charge in [0.25, 0.3) is 0 Å². The highest BCUT2D eigenvalue weighted by molar-refractivity contribution is 8.14. The Bertz CT molecular complexity index is 685. The third-order valence-corrected chi connectivity index (χ3v) is 7.46. The first-order valence-electron chi connectivity index (χ1n) is 10.6. The maximum absolute atomic E-state index is 12.9. The number of benzene rings is 1. The molecule has 0 saturated carbocycles. The van der Waals surface area contributed by atoms with E-state index in [2.05, 4.69) is 26.9 Å². The van der Waals surface area contributed by atoms with Gasteiger partial charge in [-0.2, -0.15) is 0 Å². The van der Waals surface area contributed by atoms with Gasteiger partial charge in [-0.15, -0.1) is 0 Å². The number of thioether (sulfide) groups is 1. The minimum absolute atomic E-state index is 0.00753. The largest absolute Gasteiger partial charge is 0.445 e. The molecule has 0 aliphatic carbocycles. The van der Waals surface area contributed by atoms with Crippen LogP contribution in [0.2, 0.25) is 13.1 Å². The maximum atomic E-state index is 12.9. The maximum Gasteiger partial charge on any atom is 0.410 e. The van der Waals surface area contributed by atoms with Gasteiger partial charge < -0.3 is 18.5 Å². The molecule has 0 radical (unpaired) electrons. The monoisotopic (exact) mass is 469 g/mol. The summed E-state index contributed by atoms with van der Waals surface area (Å²) in [5, 5.41) is 0.171. The number of likely N-dealkylation sites (tertiary alicyclic amines) is 1. The summed E-state index contributed by atoms with van der Waals surface area (Å²) in [6.45, 7) is 10.8. The molecule has 1 aromatic rings. The Balaban J connectivity index is 2.09. The standard InChI is InChI=1S/C21H35NO5SSi2/c1-15(23)28-18-11-17(12-21(2,3)19(26-29-4)27-30-5)22(13-18)20(24)25-14-16-9-7-6-8-10-16/h6-10,17-19H,11-14,29-30H2,1-5H3. The van der Waals surface area contributed by atoms with Crippen LogP contribution in [0.1, 0.15) is 39.2 Å². The molecule has 0 N–H and O–H groups in total. The molecule has 2 rings (SSSR count). The fraction of sp³-hybridized carbons (Fsp3) is 0.619. The molecule has 1 heterocycles. The molecule has 1 saturated heterocycles. The number of hydrogen-bond acceptors (Lipinski definition) is 6. The molecule has 1 aliphatic heterocycles. The topological polar surface area (TPSA) is 65.1 Å². The Hall–Kier alpha value is -1.14. The first kappa shape index (κ1) is 25.1. The van der Waals surface area contributed by atoms with Crippen LogP contribution in [0.25, 0.3) is 0 Å². The molecule has 168 valence electrons. The van der Waals surface area contributed by atoms with Crippen LogP contribution in [0.15, 0.2) is 30.3 Å². The number of amides is 1. The summed E-state index contributed by atoms with van der Waals surface area (Å²) in [6, 6.07) is 9.67. The number of rotatable bonds is 10. The van der Waals surface area contributed by atoms with Crippen molar-refractivity contribution in [3.8, 4) is 0 Å². The molecular weight excluding hydrogens is 434 g/mol. The molecule has 1 amide bonds. The van der Waals surface area contributed by atoms with Crippen LogP contribution < -0.4 is 0 Å². The molecule has 6 nitrogen and oxygen atoms in total. The van der Waals surface area contributed by atoms with E-state index in [1.807, 2.05) is 30.3 Å². The van der Waals surface area contributed by atoms with Crippen LogP contribution in [-0.4, -0.2) is 59.8 Å². The quantitative estimate of drug-likeness (QED) is 0.388. The summed E-state index contributed by atoms with van der Waals surface area (Å²) < 4.78 is 17.6. The van der Waals surface area contributed by atoms with Gasteiger partial charge in [0.1, 0.15) is 12.9 Å². The lowest BCUT2D eigenvalue weighted by Gasteiger charge is -2.38. The van der Waals surface area contributed by atoms with E-state index in [0.717, 1.165) is 18.4 Å². The summed E-state index contributed by atoms with van der Waals surface area (Å²) in [5.41, 5.74) is 0.726. The van der Waals surface area contributed by atoms with Crippen molar-refractivity contribution in [3.63, 3.8) is 0 Å². The smallest absolute Gasteiger partial charge is 0.410 e. The highest BCUT2D eigenvalue weighted by Crippen LogP contribution is 2.38. The van der Waals surface area contributed by atoms with E-state index in [0.29, 0.717) is 6.54 Å². The molecule has 1 fully saturated rings.